The van der Waals surface area contributed by atoms with E-state index in [4.69, 9.17) is 0 Å². The summed E-state index contributed by atoms with van der Waals surface area (Å²) in [6, 6.07) is 3.87. The first-order valence-corrected chi connectivity index (χ1v) is 5.98. The zero-order valence-corrected chi connectivity index (χ0v) is 11.0. The molecular formula is C13H16N4O. The highest BCUT2D eigenvalue weighted by atomic mass is 16.2. The van der Waals surface area contributed by atoms with E-state index in [1.54, 1.807) is 4.57 Å². The van der Waals surface area contributed by atoms with E-state index in [1.165, 1.54) is 5.56 Å². The number of imidazole rings is 1. The highest BCUT2D eigenvalue weighted by Gasteiger charge is 2.31. The van der Waals surface area contributed by atoms with Gasteiger partial charge in [-0.25, -0.2) is 14.3 Å². The van der Waals surface area contributed by atoms with Crippen LogP contribution in [0.1, 0.15) is 25.0 Å². The molecule has 0 aliphatic carbocycles. The summed E-state index contributed by atoms with van der Waals surface area (Å²) in [5.74, 6) is 0.601. The lowest BCUT2D eigenvalue weighted by Gasteiger charge is -2.32. The fourth-order valence-electron chi connectivity index (χ4n) is 2.26. The van der Waals surface area contributed by atoms with Gasteiger partial charge in [0, 0.05) is 0 Å². The minimum absolute atomic E-state index is 0.139. The van der Waals surface area contributed by atoms with Crippen molar-refractivity contribution in [2.75, 3.05) is 5.32 Å². The zero-order valence-electron chi connectivity index (χ0n) is 11.0. The van der Waals surface area contributed by atoms with Gasteiger partial charge in [-0.1, -0.05) is 0 Å². The van der Waals surface area contributed by atoms with E-state index in [0.29, 0.717) is 5.95 Å². The van der Waals surface area contributed by atoms with E-state index in [1.807, 2.05) is 39.8 Å². The lowest BCUT2D eigenvalue weighted by Crippen LogP contribution is -2.55. The predicted molar refractivity (Wildman–Crippen MR) is 70.8 cm³/mol. The van der Waals surface area contributed by atoms with Crippen LogP contribution < -0.4 is 10.6 Å². The second-order valence-electron chi connectivity index (χ2n) is 5.38. The van der Waals surface area contributed by atoms with Gasteiger partial charge in [-0.3, -0.25) is 0 Å². The minimum atomic E-state index is -0.474. The van der Waals surface area contributed by atoms with Gasteiger partial charge in [0.25, 0.3) is 0 Å². The quantitative estimate of drug-likeness (QED) is 0.748. The van der Waals surface area contributed by atoms with Crippen LogP contribution in [0.5, 0.6) is 0 Å². The van der Waals surface area contributed by atoms with Crippen molar-refractivity contribution in [3.63, 3.8) is 0 Å². The molecule has 0 saturated heterocycles. The molecular weight excluding hydrogens is 228 g/mol. The highest BCUT2D eigenvalue weighted by molar-refractivity contribution is 5.95. The second-order valence-corrected chi connectivity index (χ2v) is 5.38. The molecule has 0 spiro atoms. The number of rotatable bonds is 0. The van der Waals surface area contributed by atoms with Crippen LogP contribution in [-0.4, -0.2) is 21.2 Å². The largest absolute Gasteiger partial charge is 0.333 e. The fraction of sp³-hybridized carbons (Fsp3) is 0.385. The van der Waals surface area contributed by atoms with Gasteiger partial charge in [-0.05, 0) is 51.0 Å². The predicted octanol–water partition coefficient (Wildman–Crippen LogP) is 2.37. The van der Waals surface area contributed by atoms with Crippen molar-refractivity contribution in [2.24, 2.45) is 0 Å². The summed E-state index contributed by atoms with van der Waals surface area (Å²) < 4.78 is 1.59. The zero-order chi connectivity index (χ0) is 13.1. The summed E-state index contributed by atoms with van der Waals surface area (Å²) >= 11 is 0. The van der Waals surface area contributed by atoms with Crippen molar-refractivity contribution in [2.45, 2.75) is 33.4 Å². The molecule has 1 amide bonds. The Hall–Kier alpha value is -2.04. The van der Waals surface area contributed by atoms with Crippen molar-refractivity contribution in [1.29, 1.82) is 0 Å². The number of aromatic nitrogens is 2. The summed E-state index contributed by atoms with van der Waals surface area (Å²) in [7, 11) is 0. The Morgan fingerprint density at radius 1 is 1.17 bits per heavy atom. The Morgan fingerprint density at radius 3 is 2.56 bits per heavy atom. The van der Waals surface area contributed by atoms with E-state index in [0.717, 1.165) is 16.6 Å². The molecule has 0 radical (unpaired) electrons. The maximum absolute atomic E-state index is 12.1. The van der Waals surface area contributed by atoms with Crippen LogP contribution in [-0.2, 0) is 0 Å². The van der Waals surface area contributed by atoms with E-state index in [9.17, 15) is 4.79 Å². The summed E-state index contributed by atoms with van der Waals surface area (Å²) in [5.41, 5.74) is 3.54. The van der Waals surface area contributed by atoms with Crippen molar-refractivity contribution in [3.8, 4) is 0 Å². The van der Waals surface area contributed by atoms with E-state index in [2.05, 4.69) is 15.6 Å². The SMILES string of the molecule is Cc1cc2nc3n(c2cc1C)C(=O)NC(C)(C)N3. The number of nitrogens with one attached hydrogen (secondary N) is 2. The molecule has 1 aliphatic rings. The van der Waals surface area contributed by atoms with Crippen molar-refractivity contribution >= 4 is 23.0 Å². The van der Waals surface area contributed by atoms with E-state index >= 15 is 0 Å². The minimum Gasteiger partial charge on any atom is -0.333 e. The molecule has 1 aromatic carbocycles. The molecule has 2 heterocycles. The first kappa shape index (κ1) is 11.1. The number of nitrogens with zero attached hydrogens (tertiary/aromatic N) is 2. The molecule has 2 aromatic rings. The first-order valence-electron chi connectivity index (χ1n) is 5.98. The molecule has 5 heteroatoms. The summed E-state index contributed by atoms with van der Waals surface area (Å²) in [4.78, 5) is 16.6. The van der Waals surface area contributed by atoms with Gasteiger partial charge >= 0.3 is 6.03 Å². The van der Waals surface area contributed by atoms with Crippen LogP contribution in [0.15, 0.2) is 12.1 Å². The lowest BCUT2D eigenvalue weighted by molar-refractivity contribution is 0.231. The molecule has 94 valence electrons. The number of anilines is 1. The Bertz CT molecular complexity index is 669. The number of hydrogen-bond acceptors (Lipinski definition) is 3. The van der Waals surface area contributed by atoms with Crippen LogP contribution in [0.4, 0.5) is 10.7 Å². The number of carbonyl (C=O) groups excluding carboxylic acids is 1. The number of aryl methyl sites for hydroxylation is 2. The third-order valence-electron chi connectivity index (χ3n) is 3.32. The Balaban J connectivity index is 2.30. The normalized spacial score (nSPS) is 17.2. The standard InChI is InChI=1S/C13H16N4O/c1-7-5-9-10(6-8(7)2)17-11(14-9)15-13(3,4)16-12(17)18/h5-6H,1-4H3,(H,14,15)(H,16,18). The van der Waals surface area contributed by atoms with E-state index < -0.39 is 5.66 Å². The topological polar surface area (TPSA) is 59.0 Å². The fourth-order valence-corrected chi connectivity index (χ4v) is 2.26. The number of benzene rings is 1. The number of carbonyl (C=O) groups is 1. The first-order chi connectivity index (χ1) is 8.37. The molecule has 0 saturated carbocycles. The molecule has 1 aliphatic heterocycles. The van der Waals surface area contributed by atoms with Crippen molar-refractivity contribution < 1.29 is 4.79 Å². The highest BCUT2D eigenvalue weighted by Crippen LogP contribution is 2.26. The molecule has 2 N–H and O–H groups in total. The third kappa shape index (κ3) is 1.47. The lowest BCUT2D eigenvalue weighted by atomic mass is 10.1. The monoisotopic (exact) mass is 244 g/mol. The average Bonchev–Trinajstić information content (AvgIpc) is 2.54. The van der Waals surface area contributed by atoms with Crippen LogP contribution in [0, 0.1) is 13.8 Å². The van der Waals surface area contributed by atoms with Crippen molar-refractivity contribution in [1.82, 2.24) is 14.9 Å². The van der Waals surface area contributed by atoms with Gasteiger partial charge in [0.2, 0.25) is 5.95 Å². The molecule has 1 aromatic heterocycles. The molecule has 0 unspecified atom stereocenters. The average molecular weight is 244 g/mol. The summed E-state index contributed by atoms with van der Waals surface area (Å²) in [6.45, 7) is 7.89. The smallest absolute Gasteiger partial charge is 0.330 e. The third-order valence-corrected chi connectivity index (χ3v) is 3.32. The summed E-state index contributed by atoms with van der Waals surface area (Å²) in [5, 5.41) is 6.11. The van der Waals surface area contributed by atoms with Crippen LogP contribution in [0.2, 0.25) is 0 Å². The molecule has 0 fully saturated rings. The van der Waals surface area contributed by atoms with Gasteiger partial charge in [0.05, 0.1) is 11.0 Å². The Kier molecular flexibility index (Phi) is 2.00. The van der Waals surface area contributed by atoms with E-state index in [-0.39, 0.29) is 6.03 Å². The van der Waals surface area contributed by atoms with Gasteiger partial charge in [-0.15, -0.1) is 0 Å². The molecule has 3 rings (SSSR count). The Labute approximate surface area is 105 Å². The second kappa shape index (κ2) is 3.25. The summed E-state index contributed by atoms with van der Waals surface area (Å²) in [6.07, 6.45) is 0. The number of fused-ring (bicyclic) bond motifs is 3. The van der Waals surface area contributed by atoms with Gasteiger partial charge < -0.3 is 10.6 Å². The molecule has 5 nitrogen and oxygen atoms in total. The van der Waals surface area contributed by atoms with Crippen LogP contribution >= 0.6 is 0 Å². The number of hydrogen-bond donors (Lipinski definition) is 2. The van der Waals surface area contributed by atoms with Crippen LogP contribution in [0.3, 0.4) is 0 Å². The molecule has 0 atom stereocenters. The van der Waals surface area contributed by atoms with Gasteiger partial charge in [-0.2, -0.15) is 0 Å². The maximum Gasteiger partial charge on any atom is 0.330 e. The van der Waals surface area contributed by atoms with Gasteiger partial charge in [0.15, 0.2) is 0 Å². The Morgan fingerprint density at radius 2 is 1.83 bits per heavy atom. The van der Waals surface area contributed by atoms with Gasteiger partial charge in [0.1, 0.15) is 5.66 Å². The maximum atomic E-state index is 12.1. The van der Waals surface area contributed by atoms with Crippen molar-refractivity contribution in [3.05, 3.63) is 23.3 Å². The van der Waals surface area contributed by atoms with Crippen LogP contribution in [0.25, 0.3) is 11.0 Å². The molecule has 18 heavy (non-hydrogen) atoms. The molecule has 0 bridgehead atoms. The number of amides is 1.